The second-order valence-electron chi connectivity index (χ2n) is 4.11. The number of nitrogens with zero attached hydrogens (tertiary/aromatic N) is 3. The highest BCUT2D eigenvalue weighted by molar-refractivity contribution is 5.99. The van der Waals surface area contributed by atoms with E-state index < -0.39 is 24.5 Å². The van der Waals surface area contributed by atoms with Gasteiger partial charge in [-0.05, 0) is 0 Å². The summed E-state index contributed by atoms with van der Waals surface area (Å²) >= 11 is 0. The molecule has 102 valence electrons. The van der Waals surface area contributed by atoms with Gasteiger partial charge in [0.1, 0.15) is 18.5 Å². The first-order valence-corrected chi connectivity index (χ1v) is 5.69. The molecular formula is C8H15B2N5O4. The smallest absolute Gasteiger partial charge is 0.258 e. The SMILES string of the molecule is BOC1C(CO)OC(n2cnc(C(=N)N)n2)C1OB. The van der Waals surface area contributed by atoms with Crippen LogP contribution in [0.25, 0.3) is 0 Å². The lowest BCUT2D eigenvalue weighted by Gasteiger charge is -2.22. The maximum absolute atomic E-state index is 9.28. The fraction of sp³-hybridized carbons (Fsp3) is 0.625. The van der Waals surface area contributed by atoms with Gasteiger partial charge in [-0.25, -0.2) is 9.67 Å². The molecule has 0 spiro atoms. The zero-order valence-corrected chi connectivity index (χ0v) is 10.7. The first-order valence-electron chi connectivity index (χ1n) is 5.69. The number of ether oxygens (including phenoxy) is 1. The highest BCUT2D eigenvalue weighted by Crippen LogP contribution is 2.32. The van der Waals surface area contributed by atoms with Crippen LogP contribution in [0.2, 0.25) is 0 Å². The van der Waals surface area contributed by atoms with Crippen molar-refractivity contribution >= 4 is 21.9 Å². The Labute approximate surface area is 111 Å². The van der Waals surface area contributed by atoms with Gasteiger partial charge in [0.15, 0.2) is 12.1 Å². The van der Waals surface area contributed by atoms with Crippen molar-refractivity contribution in [2.75, 3.05) is 6.61 Å². The molecule has 1 fully saturated rings. The molecule has 19 heavy (non-hydrogen) atoms. The standard InChI is InChI=1S/C8H15B2N5O4/c9-18-4-3(1-16)17-8(5(4)19-10)15-2-13-7(14-15)6(11)12/h2-5,8,16H,1,9-10H2,(H3,11,12). The lowest BCUT2D eigenvalue weighted by molar-refractivity contribution is -0.0541. The van der Waals surface area contributed by atoms with Crippen molar-refractivity contribution < 1.29 is 19.2 Å². The Balaban J connectivity index is 2.24. The zero-order valence-electron chi connectivity index (χ0n) is 10.7. The predicted octanol–water partition coefficient (Wildman–Crippen LogP) is -3.68. The number of hydrogen-bond acceptors (Lipinski definition) is 7. The van der Waals surface area contributed by atoms with Crippen LogP contribution < -0.4 is 5.73 Å². The molecule has 4 unspecified atom stereocenters. The summed E-state index contributed by atoms with van der Waals surface area (Å²) < 4.78 is 17.7. The highest BCUT2D eigenvalue weighted by Gasteiger charge is 2.45. The van der Waals surface area contributed by atoms with Gasteiger partial charge < -0.3 is 24.9 Å². The molecule has 1 saturated heterocycles. The molecule has 0 aromatic carbocycles. The van der Waals surface area contributed by atoms with E-state index in [-0.39, 0.29) is 18.3 Å². The summed E-state index contributed by atoms with van der Waals surface area (Å²) in [5.41, 5.74) is 5.31. The number of amidine groups is 1. The van der Waals surface area contributed by atoms with E-state index in [0.29, 0.717) is 0 Å². The molecule has 1 aliphatic rings. The van der Waals surface area contributed by atoms with Crippen molar-refractivity contribution in [2.45, 2.75) is 24.5 Å². The number of aromatic nitrogens is 3. The van der Waals surface area contributed by atoms with E-state index >= 15 is 0 Å². The molecule has 0 saturated carbocycles. The molecule has 2 heterocycles. The second kappa shape index (κ2) is 5.70. The minimum atomic E-state index is -0.590. The molecule has 1 aromatic heterocycles. The second-order valence-corrected chi connectivity index (χ2v) is 4.11. The highest BCUT2D eigenvalue weighted by atomic mass is 16.6. The summed E-state index contributed by atoms with van der Waals surface area (Å²) in [6.07, 6.45) is -0.550. The number of rotatable bonds is 5. The lowest BCUT2D eigenvalue weighted by Crippen LogP contribution is -2.37. The number of nitrogens with two attached hydrogens (primary N) is 1. The van der Waals surface area contributed by atoms with Crippen LogP contribution >= 0.6 is 0 Å². The van der Waals surface area contributed by atoms with E-state index in [9.17, 15) is 5.11 Å². The Morgan fingerprint density at radius 2 is 2.21 bits per heavy atom. The van der Waals surface area contributed by atoms with Crippen molar-refractivity contribution in [3.63, 3.8) is 0 Å². The van der Waals surface area contributed by atoms with Gasteiger partial charge in [0.05, 0.1) is 12.7 Å². The fourth-order valence-corrected chi connectivity index (χ4v) is 2.12. The van der Waals surface area contributed by atoms with Crippen molar-refractivity contribution in [1.82, 2.24) is 14.8 Å². The van der Waals surface area contributed by atoms with E-state index in [0.717, 1.165) is 0 Å². The zero-order chi connectivity index (χ0) is 14.0. The first kappa shape index (κ1) is 14.0. The number of nitrogen functional groups attached to an aromatic ring is 1. The van der Waals surface area contributed by atoms with Gasteiger partial charge in [-0.2, -0.15) is 0 Å². The summed E-state index contributed by atoms with van der Waals surface area (Å²) in [7, 11) is 3.04. The van der Waals surface area contributed by atoms with Gasteiger partial charge >= 0.3 is 0 Å². The van der Waals surface area contributed by atoms with Crippen LogP contribution in [0.3, 0.4) is 0 Å². The molecule has 0 amide bonds. The molecule has 0 bridgehead atoms. The average Bonchev–Trinajstić information content (AvgIpc) is 3.01. The van der Waals surface area contributed by atoms with Gasteiger partial charge in [0, 0.05) is 0 Å². The van der Waals surface area contributed by atoms with Crippen LogP contribution in [0.1, 0.15) is 12.1 Å². The Hall–Kier alpha value is -1.42. The van der Waals surface area contributed by atoms with E-state index in [1.54, 1.807) is 0 Å². The van der Waals surface area contributed by atoms with Crippen LogP contribution in [0.5, 0.6) is 0 Å². The quantitative estimate of drug-likeness (QED) is 0.284. The molecule has 0 aliphatic carbocycles. The predicted molar refractivity (Wildman–Crippen MR) is 68.9 cm³/mol. The van der Waals surface area contributed by atoms with Crippen LogP contribution in [-0.2, 0) is 14.0 Å². The van der Waals surface area contributed by atoms with Crippen LogP contribution in [0.15, 0.2) is 6.33 Å². The summed E-state index contributed by atoms with van der Waals surface area (Å²) in [6, 6.07) is 0. The molecule has 1 aromatic rings. The minimum Gasteiger partial charge on any atom is -0.436 e. The van der Waals surface area contributed by atoms with Gasteiger partial charge in [-0.1, -0.05) is 0 Å². The molecule has 4 atom stereocenters. The Morgan fingerprint density at radius 1 is 1.53 bits per heavy atom. The summed E-state index contributed by atoms with van der Waals surface area (Å²) in [4.78, 5) is 3.89. The van der Waals surface area contributed by atoms with Gasteiger partial charge in [0.2, 0.25) is 5.82 Å². The minimum absolute atomic E-state index is 0.111. The van der Waals surface area contributed by atoms with Gasteiger partial charge in [-0.15, -0.1) is 5.10 Å². The molecular weight excluding hydrogens is 252 g/mol. The van der Waals surface area contributed by atoms with Crippen molar-refractivity contribution in [1.29, 1.82) is 5.41 Å². The molecule has 1 aliphatic heterocycles. The van der Waals surface area contributed by atoms with E-state index in [1.807, 2.05) is 0 Å². The number of aliphatic hydroxyl groups is 1. The summed E-state index contributed by atoms with van der Waals surface area (Å²) in [6.45, 7) is -0.191. The van der Waals surface area contributed by atoms with E-state index in [1.165, 1.54) is 27.1 Å². The molecule has 2 rings (SSSR count). The largest absolute Gasteiger partial charge is 0.436 e. The van der Waals surface area contributed by atoms with Crippen molar-refractivity contribution in [3.8, 4) is 0 Å². The van der Waals surface area contributed by atoms with Gasteiger partial charge in [0.25, 0.3) is 16.1 Å². The third-order valence-electron chi connectivity index (χ3n) is 3.02. The molecule has 0 radical (unpaired) electrons. The maximum Gasteiger partial charge on any atom is 0.258 e. The van der Waals surface area contributed by atoms with E-state index in [4.69, 9.17) is 25.2 Å². The molecule has 9 nitrogen and oxygen atoms in total. The average molecular weight is 267 g/mol. The Bertz CT molecular complexity index is 458. The Morgan fingerprint density at radius 3 is 2.68 bits per heavy atom. The number of nitrogens with one attached hydrogen (secondary N) is 1. The van der Waals surface area contributed by atoms with Crippen LogP contribution in [-0.4, -0.2) is 66.7 Å². The Kier molecular flexibility index (Phi) is 4.20. The monoisotopic (exact) mass is 267 g/mol. The van der Waals surface area contributed by atoms with Crippen LogP contribution in [0.4, 0.5) is 0 Å². The van der Waals surface area contributed by atoms with Crippen LogP contribution in [0, 0.1) is 5.41 Å². The fourth-order valence-electron chi connectivity index (χ4n) is 2.12. The first-order chi connectivity index (χ1) is 9.12. The maximum atomic E-state index is 9.28. The van der Waals surface area contributed by atoms with E-state index in [2.05, 4.69) is 10.1 Å². The normalized spacial score (nSPS) is 30.6. The summed E-state index contributed by atoms with van der Waals surface area (Å²) in [5, 5.41) is 20.6. The molecule has 11 heteroatoms. The third-order valence-corrected chi connectivity index (χ3v) is 3.02. The number of aliphatic hydroxyl groups excluding tert-OH is 1. The number of hydrogen-bond donors (Lipinski definition) is 3. The topological polar surface area (TPSA) is 128 Å². The van der Waals surface area contributed by atoms with Crippen molar-refractivity contribution in [3.05, 3.63) is 12.2 Å². The third kappa shape index (κ3) is 2.50. The molecule has 4 N–H and O–H groups in total. The van der Waals surface area contributed by atoms with Gasteiger partial charge in [-0.3, -0.25) is 5.41 Å². The summed E-state index contributed by atoms with van der Waals surface area (Å²) in [5.74, 6) is -0.118. The van der Waals surface area contributed by atoms with Crippen molar-refractivity contribution in [2.24, 2.45) is 5.73 Å². The lowest BCUT2D eigenvalue weighted by atomic mass is 10.1.